The number of thiophene rings is 1. The molecule has 1 aliphatic rings. The lowest BCUT2D eigenvalue weighted by Gasteiger charge is -2.32. The fraction of sp³-hybridized carbons (Fsp3) is 0.571. The second kappa shape index (κ2) is 6.30. The summed E-state index contributed by atoms with van der Waals surface area (Å²) in [6.07, 6.45) is 7.26. The summed E-state index contributed by atoms with van der Waals surface area (Å²) < 4.78 is 1.97. The van der Waals surface area contributed by atoms with Crippen molar-refractivity contribution in [1.29, 1.82) is 0 Å². The summed E-state index contributed by atoms with van der Waals surface area (Å²) in [5, 5.41) is 6.38. The van der Waals surface area contributed by atoms with E-state index in [1.54, 1.807) is 6.33 Å². The lowest BCUT2D eigenvalue weighted by Crippen LogP contribution is -2.38. The number of likely N-dealkylation sites (tertiary alicyclic amines) is 1. The van der Waals surface area contributed by atoms with Gasteiger partial charge in [-0.3, -0.25) is 4.68 Å². The number of rotatable bonds is 5. The highest BCUT2D eigenvalue weighted by atomic mass is 32.1. The van der Waals surface area contributed by atoms with E-state index < -0.39 is 0 Å². The van der Waals surface area contributed by atoms with Gasteiger partial charge in [-0.15, -0.1) is 11.3 Å². The van der Waals surface area contributed by atoms with Crippen LogP contribution in [0.1, 0.15) is 17.7 Å². The van der Waals surface area contributed by atoms with Crippen molar-refractivity contribution < 1.29 is 0 Å². The van der Waals surface area contributed by atoms with Gasteiger partial charge in [-0.25, -0.2) is 4.98 Å². The molecule has 19 heavy (non-hydrogen) atoms. The van der Waals surface area contributed by atoms with Gasteiger partial charge in [0.25, 0.3) is 0 Å². The van der Waals surface area contributed by atoms with Crippen molar-refractivity contribution in [1.82, 2.24) is 19.7 Å². The van der Waals surface area contributed by atoms with Crippen LogP contribution in [-0.2, 0) is 13.0 Å². The minimum absolute atomic E-state index is 0.721. The van der Waals surface area contributed by atoms with Crippen LogP contribution in [0.25, 0.3) is 0 Å². The molecule has 4 nitrogen and oxygen atoms in total. The van der Waals surface area contributed by atoms with E-state index in [4.69, 9.17) is 0 Å². The Morgan fingerprint density at radius 2 is 2.42 bits per heavy atom. The molecule has 1 atom stereocenters. The Balaban J connectivity index is 1.47. The molecule has 2 aromatic rings. The number of nitrogens with zero attached hydrogens (tertiary/aromatic N) is 4. The molecule has 1 fully saturated rings. The van der Waals surface area contributed by atoms with Gasteiger partial charge >= 0.3 is 0 Å². The average molecular weight is 276 g/mol. The molecule has 0 radical (unpaired) electrons. The summed E-state index contributed by atoms with van der Waals surface area (Å²) >= 11 is 1.87. The van der Waals surface area contributed by atoms with E-state index in [1.807, 2.05) is 22.3 Å². The topological polar surface area (TPSA) is 34.0 Å². The molecule has 0 spiro atoms. The van der Waals surface area contributed by atoms with Crippen LogP contribution < -0.4 is 0 Å². The van der Waals surface area contributed by atoms with Crippen LogP contribution in [0.4, 0.5) is 0 Å². The van der Waals surface area contributed by atoms with Crippen molar-refractivity contribution in [2.75, 3.05) is 19.6 Å². The van der Waals surface area contributed by atoms with E-state index in [2.05, 4.69) is 32.5 Å². The largest absolute Gasteiger partial charge is 0.303 e. The lowest BCUT2D eigenvalue weighted by molar-refractivity contribution is 0.161. The fourth-order valence-corrected chi connectivity index (χ4v) is 3.52. The van der Waals surface area contributed by atoms with E-state index in [0.29, 0.717) is 0 Å². The SMILES string of the molecule is c1csc(CCN2CCCC(Cn3cncn3)C2)c1. The molecule has 0 aromatic carbocycles. The highest BCUT2D eigenvalue weighted by molar-refractivity contribution is 7.09. The summed E-state index contributed by atoms with van der Waals surface area (Å²) in [7, 11) is 0. The van der Waals surface area contributed by atoms with E-state index in [-0.39, 0.29) is 0 Å². The Labute approximate surface area is 118 Å². The van der Waals surface area contributed by atoms with Crippen LogP contribution in [-0.4, -0.2) is 39.3 Å². The Kier molecular flexibility index (Phi) is 4.25. The molecule has 1 saturated heterocycles. The molecule has 0 bridgehead atoms. The zero-order valence-electron chi connectivity index (χ0n) is 11.1. The van der Waals surface area contributed by atoms with Crippen LogP contribution >= 0.6 is 11.3 Å². The van der Waals surface area contributed by atoms with Crippen LogP contribution in [0.5, 0.6) is 0 Å². The maximum absolute atomic E-state index is 4.21. The molecule has 3 heterocycles. The lowest BCUT2D eigenvalue weighted by atomic mass is 9.98. The quantitative estimate of drug-likeness (QED) is 0.840. The summed E-state index contributed by atoms with van der Waals surface area (Å²) in [6.45, 7) is 4.65. The van der Waals surface area contributed by atoms with Crippen LogP contribution in [0.15, 0.2) is 30.2 Å². The molecule has 102 valence electrons. The van der Waals surface area contributed by atoms with Crippen LogP contribution in [0, 0.1) is 5.92 Å². The van der Waals surface area contributed by atoms with E-state index >= 15 is 0 Å². The monoisotopic (exact) mass is 276 g/mol. The summed E-state index contributed by atoms with van der Waals surface area (Å²) in [4.78, 5) is 8.12. The van der Waals surface area contributed by atoms with Crippen molar-refractivity contribution in [2.45, 2.75) is 25.8 Å². The molecule has 5 heteroatoms. The average Bonchev–Trinajstić information content (AvgIpc) is 3.10. The maximum atomic E-state index is 4.21. The van der Waals surface area contributed by atoms with Gasteiger partial charge in [0.1, 0.15) is 12.7 Å². The van der Waals surface area contributed by atoms with E-state index in [0.717, 1.165) is 12.5 Å². The molecule has 2 aromatic heterocycles. The minimum atomic E-state index is 0.721. The highest BCUT2D eigenvalue weighted by Crippen LogP contribution is 2.19. The van der Waals surface area contributed by atoms with Gasteiger partial charge in [0.2, 0.25) is 0 Å². The molecular weight excluding hydrogens is 256 g/mol. The third-order valence-electron chi connectivity index (χ3n) is 3.77. The first kappa shape index (κ1) is 12.8. The molecule has 1 unspecified atom stereocenters. The van der Waals surface area contributed by atoms with Crippen molar-refractivity contribution in [2.24, 2.45) is 5.92 Å². The van der Waals surface area contributed by atoms with E-state index in [1.165, 1.54) is 43.8 Å². The van der Waals surface area contributed by atoms with Crippen molar-refractivity contribution in [3.8, 4) is 0 Å². The summed E-state index contributed by atoms with van der Waals surface area (Å²) in [5.74, 6) is 0.721. The van der Waals surface area contributed by atoms with Crippen molar-refractivity contribution in [3.05, 3.63) is 35.0 Å². The minimum Gasteiger partial charge on any atom is -0.303 e. The maximum Gasteiger partial charge on any atom is 0.137 e. The normalized spacial score (nSPS) is 20.7. The predicted molar refractivity (Wildman–Crippen MR) is 77.2 cm³/mol. The summed E-state index contributed by atoms with van der Waals surface area (Å²) in [6, 6.07) is 4.38. The molecule has 0 N–H and O–H groups in total. The van der Waals surface area contributed by atoms with Gasteiger partial charge in [-0.2, -0.15) is 5.10 Å². The van der Waals surface area contributed by atoms with Gasteiger partial charge < -0.3 is 4.90 Å². The fourth-order valence-electron chi connectivity index (χ4n) is 2.82. The molecule has 3 rings (SSSR count). The smallest absolute Gasteiger partial charge is 0.137 e. The van der Waals surface area contributed by atoms with Gasteiger partial charge in [-0.1, -0.05) is 6.07 Å². The van der Waals surface area contributed by atoms with Crippen molar-refractivity contribution in [3.63, 3.8) is 0 Å². The van der Waals surface area contributed by atoms with Gasteiger partial charge in [-0.05, 0) is 43.2 Å². The number of piperidine rings is 1. The highest BCUT2D eigenvalue weighted by Gasteiger charge is 2.20. The van der Waals surface area contributed by atoms with E-state index in [9.17, 15) is 0 Å². The Hall–Kier alpha value is -1.20. The second-order valence-corrected chi connectivity index (χ2v) is 6.29. The zero-order valence-corrected chi connectivity index (χ0v) is 11.9. The van der Waals surface area contributed by atoms with Gasteiger partial charge in [0, 0.05) is 24.5 Å². The molecule has 0 aliphatic carbocycles. The van der Waals surface area contributed by atoms with Crippen LogP contribution in [0.3, 0.4) is 0 Å². The Bertz CT molecular complexity index is 466. The predicted octanol–water partition coefficient (Wildman–Crippen LogP) is 2.29. The first-order chi connectivity index (χ1) is 9.40. The summed E-state index contributed by atoms with van der Waals surface area (Å²) in [5.41, 5.74) is 0. The molecular formula is C14H20N4S. The van der Waals surface area contributed by atoms with Crippen LogP contribution in [0.2, 0.25) is 0 Å². The Morgan fingerprint density at radius 1 is 1.42 bits per heavy atom. The third kappa shape index (κ3) is 3.64. The number of hydrogen-bond donors (Lipinski definition) is 0. The Morgan fingerprint density at radius 3 is 3.21 bits per heavy atom. The molecule has 1 aliphatic heterocycles. The second-order valence-electron chi connectivity index (χ2n) is 5.26. The van der Waals surface area contributed by atoms with Gasteiger partial charge in [0.05, 0.1) is 0 Å². The first-order valence-corrected chi connectivity index (χ1v) is 7.85. The standard InChI is InChI=1S/C14H20N4S/c1-3-13(10-18-12-15-11-16-18)9-17(6-1)7-5-14-4-2-8-19-14/h2,4,8,11-13H,1,3,5-7,9-10H2. The molecule has 0 amide bonds. The third-order valence-corrected chi connectivity index (χ3v) is 4.71. The number of aromatic nitrogens is 3. The van der Waals surface area contributed by atoms with Gasteiger partial charge in [0.15, 0.2) is 0 Å². The van der Waals surface area contributed by atoms with Crippen molar-refractivity contribution >= 4 is 11.3 Å². The first-order valence-electron chi connectivity index (χ1n) is 6.97. The molecule has 0 saturated carbocycles. The zero-order chi connectivity index (χ0) is 12.9. The number of hydrogen-bond acceptors (Lipinski definition) is 4.